The molecule has 1 N–H and O–H groups in total. The number of aliphatic hydroxyl groups is 1. The third-order valence-electron chi connectivity index (χ3n) is 6.15. The summed E-state index contributed by atoms with van der Waals surface area (Å²) >= 11 is 0. The zero-order chi connectivity index (χ0) is 25.6. The minimum absolute atomic E-state index is 0.0244. The van der Waals surface area contributed by atoms with Crippen molar-refractivity contribution in [3.8, 4) is 0 Å². The lowest BCUT2D eigenvalue weighted by Crippen LogP contribution is -2.29. The Labute approximate surface area is 202 Å². The molecule has 0 spiro atoms. The van der Waals surface area contributed by atoms with Crippen molar-refractivity contribution >= 4 is 33.9 Å². The highest BCUT2D eigenvalue weighted by molar-refractivity contribution is 6.51. The predicted octanol–water partition coefficient (Wildman–Crippen LogP) is 6.62. The van der Waals surface area contributed by atoms with E-state index < -0.39 is 41.0 Å². The molecule has 0 aliphatic carbocycles. The first-order valence-corrected chi connectivity index (χ1v) is 10.9. The van der Waals surface area contributed by atoms with Crippen LogP contribution in [0.1, 0.15) is 22.7 Å². The molecule has 0 radical (unpaired) electrons. The van der Waals surface area contributed by atoms with Gasteiger partial charge in [-0.25, -0.2) is 4.39 Å². The van der Waals surface area contributed by atoms with Crippen LogP contribution in [-0.2, 0) is 15.8 Å². The number of carbonyl (C=O) groups is 2. The van der Waals surface area contributed by atoms with Crippen LogP contribution >= 0.6 is 0 Å². The van der Waals surface area contributed by atoms with Crippen molar-refractivity contribution in [2.24, 2.45) is 0 Å². The van der Waals surface area contributed by atoms with Crippen LogP contribution in [-0.4, -0.2) is 16.8 Å². The Balaban J connectivity index is 1.73. The van der Waals surface area contributed by atoms with E-state index in [-0.39, 0.29) is 11.3 Å². The number of fused-ring (bicyclic) bond motifs is 1. The van der Waals surface area contributed by atoms with Crippen molar-refractivity contribution in [1.82, 2.24) is 0 Å². The van der Waals surface area contributed by atoms with Gasteiger partial charge >= 0.3 is 6.18 Å². The van der Waals surface area contributed by atoms with Crippen LogP contribution in [0.3, 0.4) is 0 Å². The molecule has 5 rings (SSSR count). The number of rotatable bonds is 3. The van der Waals surface area contributed by atoms with Gasteiger partial charge in [-0.1, -0.05) is 54.6 Å². The van der Waals surface area contributed by atoms with Crippen molar-refractivity contribution in [1.29, 1.82) is 0 Å². The molecular formula is C28H17F4NO3. The summed E-state index contributed by atoms with van der Waals surface area (Å²) in [4.78, 5) is 27.5. The summed E-state index contributed by atoms with van der Waals surface area (Å²) in [5.41, 5.74) is -0.529. The molecule has 0 saturated carbocycles. The molecule has 4 aromatic carbocycles. The summed E-state index contributed by atoms with van der Waals surface area (Å²) in [6.07, 6.45) is -4.59. The SMILES string of the molecule is O=C1C(=O)N(c2ccc(C(F)(F)F)cc2)C(c2ccc(F)cc2)/C1=C(/O)c1cccc2ccccc12. The van der Waals surface area contributed by atoms with Gasteiger partial charge < -0.3 is 5.11 Å². The van der Waals surface area contributed by atoms with Gasteiger partial charge in [0.05, 0.1) is 17.2 Å². The van der Waals surface area contributed by atoms with Gasteiger partial charge in [0.2, 0.25) is 0 Å². The van der Waals surface area contributed by atoms with Gasteiger partial charge in [-0.05, 0) is 52.7 Å². The van der Waals surface area contributed by atoms with Gasteiger partial charge in [-0.3, -0.25) is 14.5 Å². The highest BCUT2D eigenvalue weighted by Crippen LogP contribution is 2.43. The van der Waals surface area contributed by atoms with E-state index in [0.29, 0.717) is 16.5 Å². The lowest BCUT2D eigenvalue weighted by molar-refractivity contribution is -0.137. The number of hydrogen-bond donors (Lipinski definition) is 1. The van der Waals surface area contributed by atoms with Crippen LogP contribution in [0.5, 0.6) is 0 Å². The number of amides is 1. The number of hydrogen-bond acceptors (Lipinski definition) is 3. The maximum absolute atomic E-state index is 13.7. The highest BCUT2D eigenvalue weighted by atomic mass is 19.4. The maximum Gasteiger partial charge on any atom is 0.416 e. The fourth-order valence-electron chi connectivity index (χ4n) is 4.45. The zero-order valence-electron chi connectivity index (χ0n) is 18.5. The molecule has 1 fully saturated rings. The van der Waals surface area contributed by atoms with Gasteiger partial charge in [-0.2, -0.15) is 13.2 Å². The van der Waals surface area contributed by atoms with E-state index in [1.165, 1.54) is 12.1 Å². The van der Waals surface area contributed by atoms with E-state index in [1.54, 1.807) is 24.3 Å². The number of aliphatic hydroxyl groups excluding tert-OH is 1. The number of Topliss-reactive ketones (excluding diaryl/α,β-unsaturated/α-hetero) is 1. The standard InChI is InChI=1S/C28H17F4NO3/c29-19-12-8-17(9-13-19)24-23(25(34)22-7-3-5-16-4-1-2-6-21(16)22)26(35)27(36)33(24)20-14-10-18(11-15-20)28(30,31)32/h1-15,24,34H/b25-23-. The van der Waals surface area contributed by atoms with E-state index in [9.17, 15) is 32.3 Å². The first-order valence-electron chi connectivity index (χ1n) is 10.9. The van der Waals surface area contributed by atoms with Crippen LogP contribution in [0.2, 0.25) is 0 Å². The van der Waals surface area contributed by atoms with E-state index >= 15 is 0 Å². The summed E-state index contributed by atoms with van der Waals surface area (Å²) < 4.78 is 52.9. The van der Waals surface area contributed by atoms with Crippen molar-refractivity contribution in [2.75, 3.05) is 4.90 Å². The van der Waals surface area contributed by atoms with Gasteiger partial charge in [0.15, 0.2) is 0 Å². The monoisotopic (exact) mass is 491 g/mol. The smallest absolute Gasteiger partial charge is 0.416 e. The first kappa shape index (κ1) is 23.3. The molecule has 1 amide bonds. The Morgan fingerprint density at radius 3 is 2.11 bits per heavy atom. The van der Waals surface area contributed by atoms with Crippen LogP contribution < -0.4 is 4.90 Å². The van der Waals surface area contributed by atoms with Crippen LogP contribution in [0, 0.1) is 5.82 Å². The normalized spacial score (nSPS) is 17.7. The zero-order valence-corrected chi connectivity index (χ0v) is 18.5. The molecule has 180 valence electrons. The van der Waals surface area contributed by atoms with Gasteiger partial charge in [0.1, 0.15) is 11.6 Å². The van der Waals surface area contributed by atoms with Gasteiger partial charge in [0, 0.05) is 11.3 Å². The number of benzene rings is 4. The largest absolute Gasteiger partial charge is 0.507 e. The highest BCUT2D eigenvalue weighted by Gasteiger charge is 2.47. The summed E-state index contributed by atoms with van der Waals surface area (Å²) in [6, 6.07) is 19.9. The van der Waals surface area contributed by atoms with Crippen molar-refractivity contribution in [2.45, 2.75) is 12.2 Å². The summed E-state index contributed by atoms with van der Waals surface area (Å²) in [7, 11) is 0. The summed E-state index contributed by atoms with van der Waals surface area (Å²) in [5, 5.41) is 12.8. The minimum atomic E-state index is -4.59. The lowest BCUT2D eigenvalue weighted by Gasteiger charge is -2.26. The molecule has 36 heavy (non-hydrogen) atoms. The molecule has 1 heterocycles. The van der Waals surface area contributed by atoms with Crippen LogP contribution in [0.15, 0.2) is 96.6 Å². The summed E-state index contributed by atoms with van der Waals surface area (Å²) in [5.74, 6) is -3.02. The maximum atomic E-state index is 13.7. The molecule has 1 unspecified atom stereocenters. The molecule has 1 saturated heterocycles. The molecule has 1 atom stereocenters. The average Bonchev–Trinajstić information content (AvgIpc) is 3.13. The summed E-state index contributed by atoms with van der Waals surface area (Å²) in [6.45, 7) is 0. The fraction of sp³-hybridized carbons (Fsp3) is 0.0714. The molecule has 1 aliphatic rings. The van der Waals surface area contributed by atoms with E-state index in [2.05, 4.69) is 0 Å². The third kappa shape index (κ3) is 3.90. The Hall–Kier alpha value is -4.46. The molecular weight excluding hydrogens is 474 g/mol. The second-order valence-electron chi connectivity index (χ2n) is 8.29. The quantitative estimate of drug-likeness (QED) is 0.152. The molecule has 8 heteroatoms. The molecule has 1 aliphatic heterocycles. The first-order chi connectivity index (χ1) is 17.2. The Kier molecular flexibility index (Phi) is 5.59. The van der Waals surface area contributed by atoms with Crippen molar-refractivity contribution in [3.05, 3.63) is 119 Å². The van der Waals surface area contributed by atoms with Crippen LogP contribution in [0.4, 0.5) is 23.2 Å². The third-order valence-corrected chi connectivity index (χ3v) is 6.15. The van der Waals surface area contributed by atoms with E-state index in [0.717, 1.165) is 46.7 Å². The van der Waals surface area contributed by atoms with E-state index in [4.69, 9.17) is 0 Å². The predicted molar refractivity (Wildman–Crippen MR) is 127 cm³/mol. The Bertz CT molecular complexity index is 1520. The van der Waals surface area contributed by atoms with Crippen molar-refractivity contribution < 1.29 is 32.3 Å². The topological polar surface area (TPSA) is 57.6 Å². The number of nitrogens with zero attached hydrogens (tertiary/aromatic N) is 1. The molecule has 0 bridgehead atoms. The lowest BCUT2D eigenvalue weighted by atomic mass is 9.93. The molecule has 4 aromatic rings. The Morgan fingerprint density at radius 2 is 1.44 bits per heavy atom. The van der Waals surface area contributed by atoms with Gasteiger partial charge in [0.25, 0.3) is 11.7 Å². The number of alkyl halides is 3. The van der Waals surface area contributed by atoms with Gasteiger partial charge in [-0.15, -0.1) is 0 Å². The second kappa shape index (κ2) is 8.64. The number of ketones is 1. The second-order valence-corrected chi connectivity index (χ2v) is 8.29. The Morgan fingerprint density at radius 1 is 0.806 bits per heavy atom. The van der Waals surface area contributed by atoms with Crippen molar-refractivity contribution in [3.63, 3.8) is 0 Å². The molecule has 0 aromatic heterocycles. The fourth-order valence-corrected chi connectivity index (χ4v) is 4.45. The van der Waals surface area contributed by atoms with Crippen LogP contribution in [0.25, 0.3) is 16.5 Å². The minimum Gasteiger partial charge on any atom is -0.507 e. The van der Waals surface area contributed by atoms with E-state index in [1.807, 2.05) is 18.2 Å². The number of anilines is 1. The number of halogens is 4. The number of carbonyl (C=O) groups excluding carboxylic acids is 2. The molecule has 4 nitrogen and oxygen atoms in total. The average molecular weight is 491 g/mol.